The van der Waals surface area contributed by atoms with Crippen LogP contribution in [-0.4, -0.2) is 81.8 Å². The first kappa shape index (κ1) is 36.5. The number of likely N-dealkylation sites (tertiary alicyclic amines) is 2. The van der Waals surface area contributed by atoms with Gasteiger partial charge in [0.05, 0.1) is 5.69 Å². The molecule has 6 rings (SSSR count). The summed E-state index contributed by atoms with van der Waals surface area (Å²) in [7, 11) is 0. The number of thiazole rings is 1. The number of ether oxygens (including phenoxy) is 1. The van der Waals surface area contributed by atoms with Crippen molar-refractivity contribution in [3.8, 4) is 22.6 Å². The van der Waals surface area contributed by atoms with Crippen LogP contribution in [0.5, 0.6) is 0 Å². The Morgan fingerprint density at radius 2 is 1.69 bits per heavy atom. The van der Waals surface area contributed by atoms with Gasteiger partial charge in [-0.25, -0.2) is 9.78 Å². The van der Waals surface area contributed by atoms with Crippen molar-refractivity contribution in [1.29, 1.82) is 0 Å². The highest BCUT2D eigenvalue weighted by atomic mass is 32.1. The first-order valence-electron chi connectivity index (χ1n) is 17.3. The van der Waals surface area contributed by atoms with Crippen LogP contribution in [0.3, 0.4) is 0 Å². The average Bonchev–Trinajstić information content (AvgIpc) is 3.82. The van der Waals surface area contributed by atoms with Gasteiger partial charge in [0.15, 0.2) is 0 Å². The Morgan fingerprint density at radius 3 is 2.35 bits per heavy atom. The molecular formula is C37H43F3N6O4S. The molecule has 4 heterocycles. The zero-order valence-electron chi connectivity index (χ0n) is 29.0. The van der Waals surface area contributed by atoms with E-state index in [0.717, 1.165) is 68.0 Å². The van der Waals surface area contributed by atoms with E-state index in [9.17, 15) is 22.8 Å². The maximum absolute atomic E-state index is 13.5. The number of piperidine rings is 2. The van der Waals surface area contributed by atoms with Gasteiger partial charge in [-0.15, -0.1) is 11.3 Å². The van der Waals surface area contributed by atoms with E-state index in [2.05, 4.69) is 30.3 Å². The number of benzene rings is 2. The molecule has 0 bridgehead atoms. The maximum atomic E-state index is 13.5. The number of nitrogens with one attached hydrogen (secondary N) is 1. The Bertz CT molecular complexity index is 1790. The van der Waals surface area contributed by atoms with Gasteiger partial charge in [-0.2, -0.15) is 18.2 Å². The van der Waals surface area contributed by atoms with Crippen molar-refractivity contribution in [2.45, 2.75) is 70.1 Å². The predicted octanol–water partition coefficient (Wildman–Crippen LogP) is 7.68. The van der Waals surface area contributed by atoms with Gasteiger partial charge in [-0.1, -0.05) is 47.6 Å². The molecule has 2 amide bonds. The largest absolute Gasteiger partial charge is 0.471 e. The molecule has 10 nitrogen and oxygen atoms in total. The minimum Gasteiger partial charge on any atom is -0.444 e. The third kappa shape index (κ3) is 9.14. The lowest BCUT2D eigenvalue weighted by Gasteiger charge is -2.41. The summed E-state index contributed by atoms with van der Waals surface area (Å²) in [6.45, 7) is 10.1. The third-order valence-corrected chi connectivity index (χ3v) is 10.7. The monoisotopic (exact) mass is 724 g/mol. The Morgan fingerprint density at radius 1 is 0.980 bits per heavy atom. The quantitative estimate of drug-likeness (QED) is 0.187. The van der Waals surface area contributed by atoms with Gasteiger partial charge in [0.2, 0.25) is 5.82 Å². The number of carbonyl (C=O) groups is 2. The molecule has 2 fully saturated rings. The van der Waals surface area contributed by atoms with Gasteiger partial charge in [0.25, 0.3) is 5.91 Å². The lowest BCUT2D eigenvalue weighted by molar-refractivity contribution is -0.159. The van der Waals surface area contributed by atoms with E-state index < -0.39 is 23.1 Å². The van der Waals surface area contributed by atoms with E-state index in [-0.39, 0.29) is 29.0 Å². The molecule has 2 aromatic heterocycles. The number of rotatable bonds is 9. The summed E-state index contributed by atoms with van der Waals surface area (Å²) in [5.74, 6) is -1.49. The lowest BCUT2D eigenvalue weighted by Crippen LogP contribution is -2.49. The zero-order chi connectivity index (χ0) is 36.2. The third-order valence-electron chi connectivity index (χ3n) is 9.60. The summed E-state index contributed by atoms with van der Waals surface area (Å²) in [6, 6.07) is 16.2. The van der Waals surface area contributed by atoms with Gasteiger partial charge < -0.3 is 24.4 Å². The van der Waals surface area contributed by atoms with Crippen LogP contribution in [0, 0.1) is 5.92 Å². The molecule has 1 N–H and O–H groups in total. The highest BCUT2D eigenvalue weighted by molar-refractivity contribution is 7.10. The summed E-state index contributed by atoms with van der Waals surface area (Å²) in [5.41, 5.74) is 1.55. The summed E-state index contributed by atoms with van der Waals surface area (Å²) >= 11 is 1.60. The molecule has 0 unspecified atom stereocenters. The van der Waals surface area contributed by atoms with Crippen LogP contribution in [0.25, 0.3) is 22.6 Å². The van der Waals surface area contributed by atoms with Crippen LogP contribution in [0.15, 0.2) is 64.5 Å². The second-order valence-corrected chi connectivity index (χ2v) is 15.3. The van der Waals surface area contributed by atoms with Crippen LogP contribution < -0.4 is 5.32 Å². The molecule has 2 aromatic carbocycles. The first-order valence-corrected chi connectivity index (χ1v) is 18.2. The number of halogens is 3. The van der Waals surface area contributed by atoms with Gasteiger partial charge in [-0.3, -0.25) is 4.79 Å². The average molecular weight is 725 g/mol. The molecule has 0 saturated carbocycles. The van der Waals surface area contributed by atoms with E-state index in [4.69, 9.17) is 9.72 Å². The van der Waals surface area contributed by atoms with E-state index >= 15 is 0 Å². The van der Waals surface area contributed by atoms with Crippen molar-refractivity contribution in [1.82, 2.24) is 30.2 Å². The van der Waals surface area contributed by atoms with Crippen molar-refractivity contribution in [2.24, 2.45) is 5.92 Å². The van der Waals surface area contributed by atoms with Crippen LogP contribution in [0.1, 0.15) is 74.1 Å². The molecule has 0 atom stereocenters. The minimum atomic E-state index is -4.76. The normalized spacial score (nSPS) is 17.3. The SMILES string of the molecule is CC(C)(C)OC(=O)N1CCC(CCN2CCC(CNC(=O)c3cccc(-c4noc(C(F)(F)F)n4)c3)(c3nc(-c4ccccc4)cs3)CC2)CC1. The molecule has 2 aliphatic heterocycles. The Balaban J connectivity index is 1.10. The molecule has 2 aliphatic rings. The molecule has 0 aliphatic carbocycles. The number of aromatic nitrogens is 3. The summed E-state index contributed by atoms with van der Waals surface area (Å²) < 4.78 is 49.0. The number of hydrogen-bond acceptors (Lipinski definition) is 9. The summed E-state index contributed by atoms with van der Waals surface area (Å²) in [4.78, 5) is 38.8. The van der Waals surface area contributed by atoms with E-state index in [1.54, 1.807) is 23.5 Å². The Hall–Kier alpha value is -4.30. The van der Waals surface area contributed by atoms with Crippen LogP contribution in [0.2, 0.25) is 0 Å². The van der Waals surface area contributed by atoms with Crippen molar-refractivity contribution < 1.29 is 32.0 Å². The van der Waals surface area contributed by atoms with Gasteiger partial charge in [0.1, 0.15) is 10.6 Å². The fourth-order valence-corrected chi connectivity index (χ4v) is 7.72. The van der Waals surface area contributed by atoms with Crippen molar-refractivity contribution in [3.05, 3.63) is 76.4 Å². The van der Waals surface area contributed by atoms with Gasteiger partial charge in [-0.05, 0) is 90.6 Å². The highest BCUT2D eigenvalue weighted by Crippen LogP contribution is 2.39. The van der Waals surface area contributed by atoms with E-state index in [1.165, 1.54) is 12.1 Å². The van der Waals surface area contributed by atoms with E-state index in [1.807, 2.05) is 56.0 Å². The Kier molecular flexibility index (Phi) is 10.8. The summed E-state index contributed by atoms with van der Waals surface area (Å²) in [6.07, 6.45) is -0.421. The second-order valence-electron chi connectivity index (χ2n) is 14.4. The fourth-order valence-electron chi connectivity index (χ4n) is 6.63. The molecular weight excluding hydrogens is 682 g/mol. The number of nitrogens with zero attached hydrogens (tertiary/aromatic N) is 5. The summed E-state index contributed by atoms with van der Waals surface area (Å²) in [5, 5.41) is 9.60. The molecule has 0 spiro atoms. The van der Waals surface area contributed by atoms with E-state index in [0.29, 0.717) is 25.6 Å². The van der Waals surface area contributed by atoms with Crippen LogP contribution >= 0.6 is 11.3 Å². The van der Waals surface area contributed by atoms with Crippen molar-refractivity contribution in [2.75, 3.05) is 39.3 Å². The number of amides is 2. The van der Waals surface area contributed by atoms with Crippen molar-refractivity contribution >= 4 is 23.3 Å². The number of carbonyl (C=O) groups excluding carboxylic acids is 2. The minimum absolute atomic E-state index is 0.239. The first-order chi connectivity index (χ1) is 24.3. The maximum Gasteiger partial charge on any atom is 0.471 e. The number of alkyl halides is 3. The van der Waals surface area contributed by atoms with Crippen LogP contribution in [-0.2, 0) is 16.3 Å². The number of hydrogen-bond donors (Lipinski definition) is 1. The Labute approximate surface area is 299 Å². The molecule has 0 radical (unpaired) electrons. The van der Waals surface area contributed by atoms with Gasteiger partial charge >= 0.3 is 18.2 Å². The van der Waals surface area contributed by atoms with Gasteiger partial charge in [0, 0.05) is 47.1 Å². The smallest absolute Gasteiger partial charge is 0.444 e. The zero-order valence-corrected chi connectivity index (χ0v) is 29.9. The fraction of sp³-hybridized carbons (Fsp3) is 0.486. The molecule has 272 valence electrons. The molecule has 2 saturated heterocycles. The highest BCUT2D eigenvalue weighted by Gasteiger charge is 2.40. The van der Waals surface area contributed by atoms with Crippen molar-refractivity contribution in [3.63, 3.8) is 0 Å². The molecule has 4 aromatic rings. The lowest BCUT2D eigenvalue weighted by atomic mass is 9.78. The molecule has 14 heteroatoms. The van der Waals surface area contributed by atoms with Crippen LogP contribution in [0.4, 0.5) is 18.0 Å². The molecule has 51 heavy (non-hydrogen) atoms. The second kappa shape index (κ2) is 15.1. The standard InChI is InChI=1S/C37H43F3N6O4S/c1-35(2,3)49-34(48)46-18-13-25(14-19-46)12-17-45-20-15-36(16-21-45,33-42-29(23-51-33)26-8-5-4-6-9-26)24-41-31(47)28-11-7-10-27(22-28)30-43-32(50-44-30)37(38,39)40/h4-11,22-23,25H,12-21,24H2,1-3H3,(H,41,47). The predicted molar refractivity (Wildman–Crippen MR) is 187 cm³/mol. The topological polar surface area (TPSA) is 114 Å².